The van der Waals surface area contributed by atoms with Gasteiger partial charge in [-0.05, 0) is 41.8 Å². The van der Waals surface area contributed by atoms with Crippen LogP contribution in [0.2, 0.25) is 5.02 Å². The molecule has 5 nitrogen and oxygen atoms in total. The van der Waals surface area contributed by atoms with Crippen LogP contribution in [-0.4, -0.2) is 29.2 Å². The lowest BCUT2D eigenvalue weighted by molar-refractivity contribution is 0.0730. The molecule has 2 aliphatic heterocycles. The molecule has 2 aromatic carbocycles. The molecule has 0 spiro atoms. The Labute approximate surface area is 183 Å². The normalized spacial score (nSPS) is 17.8. The van der Waals surface area contributed by atoms with E-state index >= 15 is 0 Å². The third-order valence-corrected chi connectivity index (χ3v) is 7.17. The van der Waals surface area contributed by atoms with E-state index in [-0.39, 0.29) is 17.4 Å². The number of benzene rings is 2. The Morgan fingerprint density at radius 3 is 2.70 bits per heavy atom. The Morgan fingerprint density at radius 2 is 1.87 bits per heavy atom. The van der Waals surface area contributed by atoms with Gasteiger partial charge in [-0.25, -0.2) is 0 Å². The van der Waals surface area contributed by atoms with Crippen molar-refractivity contribution in [2.45, 2.75) is 23.6 Å². The van der Waals surface area contributed by atoms with E-state index < -0.39 is 0 Å². The van der Waals surface area contributed by atoms with E-state index in [9.17, 15) is 9.59 Å². The number of rotatable bonds is 1. The van der Waals surface area contributed by atoms with E-state index in [1.807, 2.05) is 22.9 Å². The number of hydrogen-bond donors (Lipinski definition) is 0. The highest BCUT2D eigenvalue weighted by molar-refractivity contribution is 7.98. The summed E-state index contributed by atoms with van der Waals surface area (Å²) in [5.41, 5.74) is 4.26. The zero-order valence-corrected chi connectivity index (χ0v) is 18.2. The van der Waals surface area contributed by atoms with Crippen LogP contribution >= 0.6 is 23.4 Å². The molecule has 2 aliphatic rings. The van der Waals surface area contributed by atoms with Crippen LogP contribution in [0.3, 0.4) is 0 Å². The Bertz CT molecular complexity index is 1240. The number of thioether (sulfide) groups is 1. The molecule has 30 heavy (non-hydrogen) atoms. The Balaban J connectivity index is 1.80. The molecule has 1 amide bonds. The van der Waals surface area contributed by atoms with Crippen molar-refractivity contribution in [1.29, 1.82) is 0 Å². The maximum atomic E-state index is 12.9. The molecule has 0 aliphatic carbocycles. The molecule has 1 atom stereocenters. The van der Waals surface area contributed by atoms with Crippen LogP contribution in [0.1, 0.15) is 38.8 Å². The number of halogens is 1. The van der Waals surface area contributed by atoms with Gasteiger partial charge in [0.05, 0.1) is 6.04 Å². The topological polar surface area (TPSA) is 45.6 Å². The zero-order chi connectivity index (χ0) is 21.0. The molecule has 1 unspecified atom stereocenters. The monoisotopic (exact) mass is 437 g/mol. The van der Waals surface area contributed by atoms with E-state index in [2.05, 4.69) is 29.3 Å². The van der Waals surface area contributed by atoms with Crippen molar-refractivity contribution in [2.24, 2.45) is 0 Å². The summed E-state index contributed by atoms with van der Waals surface area (Å²) in [5.74, 6) is 0.712. The smallest absolute Gasteiger partial charge is 0.274 e. The van der Waals surface area contributed by atoms with E-state index in [1.54, 1.807) is 36.8 Å². The van der Waals surface area contributed by atoms with Crippen molar-refractivity contribution < 1.29 is 4.79 Å². The van der Waals surface area contributed by atoms with Crippen molar-refractivity contribution >= 4 is 29.3 Å². The van der Waals surface area contributed by atoms with Crippen molar-refractivity contribution in [3.63, 3.8) is 0 Å². The molecule has 0 radical (unpaired) electrons. The third-order valence-electron chi connectivity index (χ3n) is 5.80. The summed E-state index contributed by atoms with van der Waals surface area (Å²) in [6.07, 6.45) is 1.71. The van der Waals surface area contributed by atoms with Gasteiger partial charge in [-0.2, -0.15) is 0 Å². The SMILES string of the molecule is Cc1c2n(ccc1=O)N(C1c3ccccc3CSc3ccc(Cl)cc31)CN(C)C2=O. The fourth-order valence-electron chi connectivity index (χ4n) is 4.28. The molecule has 152 valence electrons. The van der Waals surface area contributed by atoms with E-state index in [0.717, 1.165) is 11.3 Å². The average molecular weight is 438 g/mol. The molecule has 0 saturated heterocycles. The van der Waals surface area contributed by atoms with Gasteiger partial charge in [0.15, 0.2) is 5.43 Å². The van der Waals surface area contributed by atoms with Crippen molar-refractivity contribution in [3.05, 3.63) is 97.9 Å². The van der Waals surface area contributed by atoms with Gasteiger partial charge in [0, 0.05) is 40.5 Å². The Morgan fingerprint density at radius 1 is 1.07 bits per heavy atom. The van der Waals surface area contributed by atoms with Gasteiger partial charge in [0.2, 0.25) is 0 Å². The third kappa shape index (κ3) is 2.94. The lowest BCUT2D eigenvalue weighted by atomic mass is 9.94. The van der Waals surface area contributed by atoms with Crippen LogP contribution in [0.4, 0.5) is 0 Å². The molecular weight excluding hydrogens is 418 g/mol. The summed E-state index contributed by atoms with van der Waals surface area (Å²) in [6, 6.07) is 15.8. The molecule has 0 saturated carbocycles. The summed E-state index contributed by atoms with van der Waals surface area (Å²) in [4.78, 5) is 28.1. The average Bonchev–Trinajstić information content (AvgIpc) is 2.89. The molecule has 7 heteroatoms. The van der Waals surface area contributed by atoms with Crippen LogP contribution in [0.25, 0.3) is 0 Å². The van der Waals surface area contributed by atoms with Crippen LogP contribution in [-0.2, 0) is 5.75 Å². The summed E-state index contributed by atoms with van der Waals surface area (Å²) < 4.78 is 1.85. The highest BCUT2D eigenvalue weighted by Crippen LogP contribution is 2.43. The van der Waals surface area contributed by atoms with Gasteiger partial charge in [-0.3, -0.25) is 19.3 Å². The van der Waals surface area contributed by atoms with Crippen molar-refractivity contribution in [3.8, 4) is 0 Å². The minimum atomic E-state index is -0.152. The van der Waals surface area contributed by atoms with Crippen molar-refractivity contribution in [1.82, 2.24) is 9.58 Å². The molecule has 0 bridgehead atoms. The largest absolute Gasteiger partial charge is 0.321 e. The Kier molecular flexibility index (Phi) is 4.64. The van der Waals surface area contributed by atoms with E-state index in [1.165, 1.54) is 22.1 Å². The standard InChI is InChI=1S/C23H20ClN3O2S/c1-14-19(28)9-10-26-21(14)23(29)25(2)13-27(26)22-17-6-4-3-5-15(17)12-30-20-8-7-16(24)11-18(20)22/h3-11,22H,12-13H2,1-2H3. The van der Waals surface area contributed by atoms with Gasteiger partial charge >= 0.3 is 0 Å². The molecule has 0 fully saturated rings. The minimum absolute atomic E-state index is 0.134. The van der Waals surface area contributed by atoms with Crippen LogP contribution in [0.5, 0.6) is 0 Å². The molecule has 3 heterocycles. The van der Waals surface area contributed by atoms with Gasteiger partial charge < -0.3 is 4.90 Å². The highest BCUT2D eigenvalue weighted by atomic mass is 35.5. The van der Waals surface area contributed by atoms with Crippen LogP contribution in [0.15, 0.2) is 64.4 Å². The first-order chi connectivity index (χ1) is 14.5. The first kappa shape index (κ1) is 19.3. The van der Waals surface area contributed by atoms with Gasteiger partial charge in [-0.1, -0.05) is 35.9 Å². The second kappa shape index (κ2) is 7.22. The number of amides is 1. The first-order valence-electron chi connectivity index (χ1n) is 9.70. The zero-order valence-electron chi connectivity index (χ0n) is 16.6. The van der Waals surface area contributed by atoms with E-state index in [4.69, 9.17) is 11.6 Å². The highest BCUT2D eigenvalue weighted by Gasteiger charge is 2.36. The van der Waals surface area contributed by atoms with Crippen LogP contribution < -0.4 is 10.4 Å². The molecule has 0 N–H and O–H groups in total. The van der Waals surface area contributed by atoms with Gasteiger partial charge in [-0.15, -0.1) is 11.8 Å². The second-order valence-corrected chi connectivity index (χ2v) is 9.11. The lowest BCUT2D eigenvalue weighted by Gasteiger charge is -2.43. The molecule has 5 rings (SSSR count). The minimum Gasteiger partial charge on any atom is -0.321 e. The second-order valence-electron chi connectivity index (χ2n) is 7.65. The Hall–Kier alpha value is -2.70. The quantitative estimate of drug-likeness (QED) is 0.572. The molecule has 3 aromatic rings. The first-order valence-corrected chi connectivity index (χ1v) is 11.1. The number of nitrogens with zero attached hydrogens (tertiary/aromatic N) is 3. The lowest BCUT2D eigenvalue weighted by Crippen LogP contribution is -2.54. The fraction of sp³-hybridized carbons (Fsp3) is 0.217. The summed E-state index contributed by atoms with van der Waals surface area (Å²) >= 11 is 8.21. The predicted molar refractivity (Wildman–Crippen MR) is 120 cm³/mol. The number of carbonyl (C=O) groups excluding carboxylic acids is 1. The summed E-state index contributed by atoms with van der Waals surface area (Å²) in [7, 11) is 1.77. The molecular formula is C23H20ClN3O2S. The van der Waals surface area contributed by atoms with Crippen LogP contribution in [0, 0.1) is 6.92 Å². The van der Waals surface area contributed by atoms with Gasteiger partial charge in [0.25, 0.3) is 5.91 Å². The number of fused-ring (bicyclic) bond motifs is 3. The number of carbonyl (C=O) groups is 1. The number of hydrogen-bond acceptors (Lipinski definition) is 4. The number of pyridine rings is 1. The maximum absolute atomic E-state index is 12.9. The van der Waals surface area contributed by atoms with Gasteiger partial charge in [0.1, 0.15) is 12.4 Å². The molecule has 1 aromatic heterocycles. The summed E-state index contributed by atoms with van der Waals surface area (Å²) in [6.45, 7) is 2.11. The van der Waals surface area contributed by atoms with E-state index in [0.29, 0.717) is 22.9 Å². The predicted octanol–water partition coefficient (Wildman–Crippen LogP) is 4.19. The summed E-state index contributed by atoms with van der Waals surface area (Å²) in [5, 5.41) is 2.82. The number of aromatic nitrogens is 1. The maximum Gasteiger partial charge on any atom is 0.274 e. The van der Waals surface area contributed by atoms with Crippen molar-refractivity contribution in [2.75, 3.05) is 18.7 Å². The fourth-order valence-corrected chi connectivity index (χ4v) is 5.53.